The number of halogens is 1. The summed E-state index contributed by atoms with van der Waals surface area (Å²) in [5, 5.41) is 0. The maximum absolute atomic E-state index is 10.9. The van der Waals surface area contributed by atoms with Crippen LogP contribution in [0.25, 0.3) is 0 Å². The third-order valence-electron chi connectivity index (χ3n) is 1.33. The standard InChI is InChI=1S/C10H13IO2/c1-3-4-5-9(2)6-7-10(12)13-8-11/h3-5H,1-2,6-8H2/b5-4-. The molecule has 0 spiro atoms. The zero-order valence-corrected chi connectivity index (χ0v) is 9.62. The zero-order valence-electron chi connectivity index (χ0n) is 7.46. The zero-order chi connectivity index (χ0) is 10.1. The third-order valence-corrected chi connectivity index (χ3v) is 1.65. The average Bonchev–Trinajstić information content (AvgIpc) is 2.12. The van der Waals surface area contributed by atoms with Gasteiger partial charge in [-0.25, -0.2) is 0 Å². The van der Waals surface area contributed by atoms with Crippen LogP contribution in [0.3, 0.4) is 0 Å². The van der Waals surface area contributed by atoms with Crippen LogP contribution in [0.4, 0.5) is 0 Å². The number of allylic oxidation sites excluding steroid dienone is 4. The Morgan fingerprint density at radius 1 is 1.46 bits per heavy atom. The molecule has 0 aromatic heterocycles. The summed E-state index contributed by atoms with van der Waals surface area (Å²) in [5.41, 5.74) is 0.908. The van der Waals surface area contributed by atoms with Gasteiger partial charge in [0.1, 0.15) is 4.61 Å². The van der Waals surface area contributed by atoms with Gasteiger partial charge in [-0.15, -0.1) is 0 Å². The van der Waals surface area contributed by atoms with Gasteiger partial charge in [-0.05, 0) is 29.0 Å². The van der Waals surface area contributed by atoms with Crippen LogP contribution in [0, 0.1) is 0 Å². The molecule has 0 aliphatic heterocycles. The molecule has 0 aromatic rings. The van der Waals surface area contributed by atoms with Crippen LogP contribution in [0.5, 0.6) is 0 Å². The molecule has 72 valence electrons. The first-order valence-corrected chi connectivity index (χ1v) is 5.41. The van der Waals surface area contributed by atoms with Crippen LogP contribution in [0.15, 0.2) is 37.0 Å². The molecule has 0 saturated carbocycles. The molecular formula is C10H13IO2. The first kappa shape index (κ1) is 12.4. The van der Waals surface area contributed by atoms with Crippen molar-refractivity contribution in [3.05, 3.63) is 37.0 Å². The largest absolute Gasteiger partial charge is 0.455 e. The van der Waals surface area contributed by atoms with Gasteiger partial charge in [-0.1, -0.05) is 37.0 Å². The normalized spacial score (nSPS) is 9.92. The Hall–Kier alpha value is -0.580. The molecule has 0 rings (SSSR count). The molecule has 0 aliphatic carbocycles. The highest BCUT2D eigenvalue weighted by atomic mass is 127. The predicted molar refractivity (Wildman–Crippen MR) is 62.7 cm³/mol. The van der Waals surface area contributed by atoms with Crippen molar-refractivity contribution in [3.63, 3.8) is 0 Å². The van der Waals surface area contributed by atoms with Crippen LogP contribution in [-0.4, -0.2) is 10.6 Å². The van der Waals surface area contributed by atoms with Crippen molar-refractivity contribution >= 4 is 28.6 Å². The van der Waals surface area contributed by atoms with Gasteiger partial charge in [-0.2, -0.15) is 0 Å². The highest BCUT2D eigenvalue weighted by molar-refractivity contribution is 14.1. The average molecular weight is 292 g/mol. The number of alkyl halides is 1. The SMILES string of the molecule is C=C/C=C\C(=C)CCC(=O)OCI. The van der Waals surface area contributed by atoms with Gasteiger partial charge < -0.3 is 4.74 Å². The Labute approximate surface area is 92.5 Å². The van der Waals surface area contributed by atoms with E-state index in [1.165, 1.54) is 0 Å². The molecule has 0 bridgehead atoms. The lowest BCUT2D eigenvalue weighted by molar-refractivity contribution is -0.140. The molecule has 0 atom stereocenters. The van der Waals surface area contributed by atoms with E-state index < -0.39 is 0 Å². The topological polar surface area (TPSA) is 26.3 Å². The lowest BCUT2D eigenvalue weighted by atomic mass is 10.1. The molecule has 3 heteroatoms. The van der Waals surface area contributed by atoms with Crippen molar-refractivity contribution in [2.45, 2.75) is 12.8 Å². The number of carbonyl (C=O) groups is 1. The smallest absolute Gasteiger partial charge is 0.306 e. The molecule has 0 fully saturated rings. The number of rotatable bonds is 6. The van der Waals surface area contributed by atoms with E-state index in [0.29, 0.717) is 17.5 Å². The van der Waals surface area contributed by atoms with Crippen LogP contribution >= 0.6 is 22.6 Å². The van der Waals surface area contributed by atoms with E-state index in [0.717, 1.165) is 5.57 Å². The minimum absolute atomic E-state index is 0.178. The van der Waals surface area contributed by atoms with E-state index in [4.69, 9.17) is 4.74 Å². The lowest BCUT2D eigenvalue weighted by Crippen LogP contribution is -2.02. The molecule has 2 nitrogen and oxygen atoms in total. The highest BCUT2D eigenvalue weighted by Gasteiger charge is 2.01. The molecule has 0 aromatic carbocycles. The van der Waals surface area contributed by atoms with E-state index in [9.17, 15) is 4.79 Å². The number of hydrogen-bond acceptors (Lipinski definition) is 2. The Morgan fingerprint density at radius 3 is 2.69 bits per heavy atom. The van der Waals surface area contributed by atoms with E-state index in [1.54, 1.807) is 12.2 Å². The summed E-state index contributed by atoms with van der Waals surface area (Å²) in [5.74, 6) is -0.178. The Kier molecular flexibility index (Phi) is 7.68. The number of ether oxygens (including phenoxy) is 1. The van der Waals surface area contributed by atoms with Gasteiger partial charge in [0, 0.05) is 6.42 Å². The highest BCUT2D eigenvalue weighted by Crippen LogP contribution is 2.05. The van der Waals surface area contributed by atoms with Gasteiger partial charge >= 0.3 is 5.97 Å². The van der Waals surface area contributed by atoms with Gasteiger partial charge in [0.05, 0.1) is 0 Å². The molecule has 0 amide bonds. The Balaban J connectivity index is 3.63. The van der Waals surface area contributed by atoms with Gasteiger partial charge in [0.25, 0.3) is 0 Å². The molecular weight excluding hydrogens is 279 g/mol. The van der Waals surface area contributed by atoms with Gasteiger partial charge in [-0.3, -0.25) is 4.79 Å². The molecule has 13 heavy (non-hydrogen) atoms. The lowest BCUT2D eigenvalue weighted by Gasteiger charge is -2.00. The third kappa shape index (κ3) is 7.77. The van der Waals surface area contributed by atoms with Crippen molar-refractivity contribution in [1.82, 2.24) is 0 Å². The summed E-state index contributed by atoms with van der Waals surface area (Å²) in [6.07, 6.45) is 6.34. The van der Waals surface area contributed by atoms with E-state index in [2.05, 4.69) is 13.2 Å². The monoisotopic (exact) mass is 292 g/mol. The number of carbonyl (C=O) groups excluding carboxylic acids is 1. The summed E-state index contributed by atoms with van der Waals surface area (Å²) in [6.45, 7) is 7.32. The van der Waals surface area contributed by atoms with E-state index >= 15 is 0 Å². The maximum Gasteiger partial charge on any atom is 0.306 e. The molecule has 0 aliphatic rings. The summed E-state index contributed by atoms with van der Waals surface area (Å²) in [4.78, 5) is 10.9. The fourth-order valence-corrected chi connectivity index (χ4v) is 1.03. The minimum atomic E-state index is -0.178. The quantitative estimate of drug-likeness (QED) is 0.325. The maximum atomic E-state index is 10.9. The second kappa shape index (κ2) is 8.04. The molecule has 0 radical (unpaired) electrons. The van der Waals surface area contributed by atoms with Crippen molar-refractivity contribution in [3.8, 4) is 0 Å². The van der Waals surface area contributed by atoms with Crippen LogP contribution in [-0.2, 0) is 9.53 Å². The van der Waals surface area contributed by atoms with Crippen LogP contribution < -0.4 is 0 Å². The van der Waals surface area contributed by atoms with Crippen LogP contribution in [0.1, 0.15) is 12.8 Å². The van der Waals surface area contributed by atoms with Crippen LogP contribution in [0.2, 0.25) is 0 Å². The number of esters is 1. The molecule has 0 heterocycles. The minimum Gasteiger partial charge on any atom is -0.455 e. The number of hydrogen-bond donors (Lipinski definition) is 0. The first-order valence-electron chi connectivity index (χ1n) is 3.89. The summed E-state index contributed by atoms with van der Waals surface area (Å²) in [7, 11) is 0. The molecule has 0 N–H and O–H groups in total. The van der Waals surface area contributed by atoms with Crippen molar-refractivity contribution < 1.29 is 9.53 Å². The van der Waals surface area contributed by atoms with Crippen molar-refractivity contribution in [2.75, 3.05) is 4.61 Å². The first-order chi connectivity index (χ1) is 6.20. The van der Waals surface area contributed by atoms with Gasteiger partial charge in [0.15, 0.2) is 0 Å². The second-order valence-corrected chi connectivity index (χ2v) is 3.00. The van der Waals surface area contributed by atoms with Gasteiger partial charge in [0.2, 0.25) is 0 Å². The fourth-order valence-electron chi connectivity index (χ4n) is 0.683. The van der Waals surface area contributed by atoms with Crippen molar-refractivity contribution in [2.24, 2.45) is 0 Å². The Bertz CT molecular complexity index is 219. The fraction of sp³-hybridized carbons (Fsp3) is 0.300. The second-order valence-electron chi connectivity index (χ2n) is 2.38. The van der Waals surface area contributed by atoms with E-state index in [1.807, 2.05) is 28.7 Å². The Morgan fingerprint density at radius 2 is 2.15 bits per heavy atom. The molecule has 0 saturated heterocycles. The summed E-state index contributed by atoms with van der Waals surface area (Å²) in [6, 6.07) is 0. The summed E-state index contributed by atoms with van der Waals surface area (Å²) >= 11 is 1.99. The van der Waals surface area contributed by atoms with Crippen molar-refractivity contribution in [1.29, 1.82) is 0 Å². The van der Waals surface area contributed by atoms with E-state index in [-0.39, 0.29) is 5.97 Å². The predicted octanol–water partition coefficient (Wildman–Crippen LogP) is 3.00. The molecule has 0 unspecified atom stereocenters. The summed E-state index contributed by atoms with van der Waals surface area (Å²) < 4.78 is 5.17.